The summed E-state index contributed by atoms with van der Waals surface area (Å²) in [5.74, 6) is -0.664. The molecule has 4 heteroatoms. The molecule has 0 radical (unpaired) electrons. The van der Waals surface area contributed by atoms with E-state index < -0.39 is 5.92 Å². The first-order valence-electron chi connectivity index (χ1n) is 4.96. The lowest BCUT2D eigenvalue weighted by Gasteiger charge is -2.07. The van der Waals surface area contributed by atoms with Crippen molar-refractivity contribution in [2.45, 2.75) is 19.8 Å². The first-order valence-corrected chi connectivity index (χ1v) is 5.90. The van der Waals surface area contributed by atoms with E-state index in [2.05, 4.69) is 10.7 Å². The van der Waals surface area contributed by atoms with Crippen LogP contribution in [0, 0.1) is 17.2 Å². The molecule has 0 saturated carbocycles. The zero-order chi connectivity index (χ0) is 11.1. The van der Waals surface area contributed by atoms with Crippen molar-refractivity contribution in [2.24, 2.45) is 5.92 Å². The number of hydrogen-bond donors (Lipinski definition) is 1. The maximum Gasteiger partial charge on any atom is 0.237 e. The van der Waals surface area contributed by atoms with Gasteiger partial charge in [-0.1, -0.05) is 6.92 Å². The summed E-state index contributed by atoms with van der Waals surface area (Å²) in [7, 11) is 0. The Bertz CT molecular complexity index is 340. The van der Waals surface area contributed by atoms with Crippen molar-refractivity contribution in [2.75, 3.05) is 6.54 Å². The number of carbonyl (C=O) groups excluding carboxylic acids is 1. The molecule has 0 aliphatic rings. The van der Waals surface area contributed by atoms with Gasteiger partial charge in [-0.25, -0.2) is 0 Å². The van der Waals surface area contributed by atoms with Crippen molar-refractivity contribution >= 4 is 17.2 Å². The molecule has 3 nitrogen and oxygen atoms in total. The Morgan fingerprint density at radius 2 is 2.53 bits per heavy atom. The third-order valence-corrected chi connectivity index (χ3v) is 2.91. The number of nitriles is 1. The minimum absolute atomic E-state index is 0.157. The fourth-order valence-corrected chi connectivity index (χ4v) is 1.93. The lowest BCUT2D eigenvalue weighted by Crippen LogP contribution is -2.31. The molecule has 80 valence electrons. The second-order valence-corrected chi connectivity index (χ2v) is 4.04. The Morgan fingerprint density at radius 3 is 3.07 bits per heavy atom. The standard InChI is InChI=1S/C11H14N2OS/c1-2-10(7-12)11(14)13-5-3-9-4-6-15-8-9/h4,6,8,10H,2-3,5H2,1H3,(H,13,14). The van der Waals surface area contributed by atoms with Crippen LogP contribution in [0.25, 0.3) is 0 Å². The zero-order valence-corrected chi connectivity index (χ0v) is 9.51. The first-order chi connectivity index (χ1) is 7.27. The third-order valence-electron chi connectivity index (χ3n) is 2.17. The highest BCUT2D eigenvalue weighted by atomic mass is 32.1. The molecule has 0 aliphatic carbocycles. The topological polar surface area (TPSA) is 52.9 Å². The highest BCUT2D eigenvalue weighted by Gasteiger charge is 2.13. The van der Waals surface area contributed by atoms with Gasteiger partial charge in [-0.15, -0.1) is 0 Å². The van der Waals surface area contributed by atoms with Gasteiger partial charge in [0.15, 0.2) is 0 Å². The average Bonchev–Trinajstić information content (AvgIpc) is 2.72. The number of carbonyl (C=O) groups is 1. The van der Waals surface area contributed by atoms with Crippen LogP contribution >= 0.6 is 11.3 Å². The molecule has 1 N–H and O–H groups in total. The second-order valence-electron chi connectivity index (χ2n) is 3.26. The monoisotopic (exact) mass is 222 g/mol. The van der Waals surface area contributed by atoms with Crippen molar-refractivity contribution in [1.82, 2.24) is 5.32 Å². The molecule has 15 heavy (non-hydrogen) atoms. The van der Waals surface area contributed by atoms with Crippen LogP contribution in [0.2, 0.25) is 0 Å². The van der Waals surface area contributed by atoms with Crippen LogP contribution in [-0.2, 0) is 11.2 Å². The molecule has 1 atom stereocenters. The molecule has 0 saturated heterocycles. The largest absolute Gasteiger partial charge is 0.355 e. The molecule has 1 rings (SSSR count). The Hall–Kier alpha value is -1.34. The predicted octanol–water partition coefficient (Wildman–Crippen LogP) is 1.96. The van der Waals surface area contributed by atoms with E-state index in [1.165, 1.54) is 5.56 Å². The molecule has 1 amide bonds. The van der Waals surface area contributed by atoms with Crippen LogP contribution in [0.4, 0.5) is 0 Å². The summed E-state index contributed by atoms with van der Waals surface area (Å²) in [6.45, 7) is 2.44. The summed E-state index contributed by atoms with van der Waals surface area (Å²) < 4.78 is 0. The number of nitrogens with zero attached hydrogens (tertiary/aromatic N) is 1. The number of amides is 1. The Labute approximate surface area is 93.7 Å². The van der Waals surface area contributed by atoms with E-state index in [4.69, 9.17) is 5.26 Å². The Morgan fingerprint density at radius 1 is 1.73 bits per heavy atom. The van der Waals surface area contributed by atoms with Gasteiger partial charge >= 0.3 is 0 Å². The minimum Gasteiger partial charge on any atom is -0.355 e. The predicted molar refractivity (Wildman–Crippen MR) is 60.4 cm³/mol. The Balaban J connectivity index is 2.26. The molecule has 0 bridgehead atoms. The summed E-state index contributed by atoms with van der Waals surface area (Å²) >= 11 is 1.65. The van der Waals surface area contributed by atoms with E-state index in [1.54, 1.807) is 11.3 Å². The summed E-state index contributed by atoms with van der Waals surface area (Å²) in [5.41, 5.74) is 1.23. The van der Waals surface area contributed by atoms with E-state index >= 15 is 0 Å². The highest BCUT2D eigenvalue weighted by molar-refractivity contribution is 7.07. The SMILES string of the molecule is CCC(C#N)C(=O)NCCc1ccsc1. The van der Waals surface area contributed by atoms with Crippen LogP contribution < -0.4 is 5.32 Å². The van der Waals surface area contributed by atoms with Crippen LogP contribution in [-0.4, -0.2) is 12.5 Å². The number of nitrogens with one attached hydrogen (secondary N) is 1. The molecule has 0 aliphatic heterocycles. The van der Waals surface area contributed by atoms with Crippen molar-refractivity contribution in [3.8, 4) is 6.07 Å². The van der Waals surface area contributed by atoms with Gasteiger partial charge < -0.3 is 5.32 Å². The maximum absolute atomic E-state index is 11.4. The Kier molecular flexibility index (Phi) is 4.85. The van der Waals surface area contributed by atoms with Gasteiger partial charge in [0.1, 0.15) is 5.92 Å². The van der Waals surface area contributed by atoms with Crippen LogP contribution in [0.1, 0.15) is 18.9 Å². The third kappa shape index (κ3) is 3.72. The summed E-state index contributed by atoms with van der Waals surface area (Å²) in [4.78, 5) is 11.4. The van der Waals surface area contributed by atoms with E-state index in [9.17, 15) is 4.79 Å². The van der Waals surface area contributed by atoms with E-state index in [0.717, 1.165) is 6.42 Å². The second kappa shape index (κ2) is 6.20. The zero-order valence-electron chi connectivity index (χ0n) is 8.69. The fourth-order valence-electron chi connectivity index (χ4n) is 1.22. The van der Waals surface area contributed by atoms with Gasteiger partial charge in [-0.05, 0) is 35.2 Å². The summed E-state index contributed by atoms with van der Waals surface area (Å²) in [6, 6.07) is 4.03. The van der Waals surface area contributed by atoms with E-state index in [-0.39, 0.29) is 5.91 Å². The molecule has 0 fully saturated rings. The van der Waals surface area contributed by atoms with Crippen molar-refractivity contribution in [1.29, 1.82) is 5.26 Å². The molecule has 1 aromatic rings. The van der Waals surface area contributed by atoms with Crippen LogP contribution in [0.15, 0.2) is 16.8 Å². The van der Waals surface area contributed by atoms with Gasteiger partial charge in [-0.3, -0.25) is 4.79 Å². The van der Waals surface area contributed by atoms with Crippen molar-refractivity contribution in [3.05, 3.63) is 22.4 Å². The quantitative estimate of drug-likeness (QED) is 0.828. The van der Waals surface area contributed by atoms with Crippen LogP contribution in [0.3, 0.4) is 0 Å². The lowest BCUT2D eigenvalue weighted by molar-refractivity contribution is -0.123. The molecule has 1 heterocycles. The molecule has 0 aromatic carbocycles. The van der Waals surface area contributed by atoms with E-state index in [1.807, 2.05) is 24.4 Å². The smallest absolute Gasteiger partial charge is 0.237 e. The van der Waals surface area contributed by atoms with Crippen molar-refractivity contribution in [3.63, 3.8) is 0 Å². The number of rotatable bonds is 5. The van der Waals surface area contributed by atoms with Gasteiger partial charge in [0, 0.05) is 6.54 Å². The summed E-state index contributed by atoms with van der Waals surface area (Å²) in [6.07, 6.45) is 1.40. The summed E-state index contributed by atoms with van der Waals surface area (Å²) in [5, 5.41) is 15.5. The molecular weight excluding hydrogens is 208 g/mol. The average molecular weight is 222 g/mol. The minimum atomic E-state index is -0.507. The van der Waals surface area contributed by atoms with Crippen LogP contribution in [0.5, 0.6) is 0 Å². The van der Waals surface area contributed by atoms with Gasteiger partial charge in [-0.2, -0.15) is 16.6 Å². The van der Waals surface area contributed by atoms with Gasteiger partial charge in [0.2, 0.25) is 5.91 Å². The van der Waals surface area contributed by atoms with Gasteiger partial charge in [0.05, 0.1) is 6.07 Å². The number of thiophene rings is 1. The molecular formula is C11H14N2OS. The van der Waals surface area contributed by atoms with E-state index in [0.29, 0.717) is 13.0 Å². The van der Waals surface area contributed by atoms with Crippen molar-refractivity contribution < 1.29 is 4.79 Å². The maximum atomic E-state index is 11.4. The number of hydrogen-bond acceptors (Lipinski definition) is 3. The lowest BCUT2D eigenvalue weighted by atomic mass is 10.1. The van der Waals surface area contributed by atoms with Gasteiger partial charge in [0.25, 0.3) is 0 Å². The highest BCUT2D eigenvalue weighted by Crippen LogP contribution is 2.06. The normalized spacial score (nSPS) is 11.7. The molecule has 1 aromatic heterocycles. The first kappa shape index (κ1) is 11.7. The molecule has 1 unspecified atom stereocenters. The molecule has 0 spiro atoms. The fraction of sp³-hybridized carbons (Fsp3) is 0.455.